The van der Waals surface area contributed by atoms with Crippen LogP contribution in [0.3, 0.4) is 0 Å². The van der Waals surface area contributed by atoms with Crippen molar-refractivity contribution in [1.82, 2.24) is 0 Å². The fraction of sp³-hybridized carbons (Fsp3) is 1.00. The van der Waals surface area contributed by atoms with Gasteiger partial charge in [0.2, 0.25) is 0 Å². The zero-order valence-electron chi connectivity index (χ0n) is 50.4. The van der Waals surface area contributed by atoms with Crippen LogP contribution in [0.25, 0.3) is 0 Å². The Labute approximate surface area is 448 Å². The van der Waals surface area contributed by atoms with Gasteiger partial charge in [0.25, 0.3) is 0 Å². The van der Waals surface area contributed by atoms with Crippen molar-refractivity contribution in [3.63, 3.8) is 0 Å². The second-order valence-corrected chi connectivity index (χ2v) is 24.7. The van der Waals surface area contributed by atoms with Gasteiger partial charge in [-0.1, -0.05) is 439 Å². The molecule has 0 heteroatoms. The highest BCUT2D eigenvalue weighted by Crippen LogP contribution is 2.26. The average molecular weight is 984 g/mol. The van der Waals surface area contributed by atoms with E-state index < -0.39 is 0 Å². The van der Waals surface area contributed by atoms with Gasteiger partial charge >= 0.3 is 0 Å². The average Bonchev–Trinajstić information content (AvgIpc) is 3.37. The van der Waals surface area contributed by atoms with Crippen molar-refractivity contribution >= 4 is 0 Å². The summed E-state index contributed by atoms with van der Waals surface area (Å²) < 4.78 is 0. The van der Waals surface area contributed by atoms with E-state index in [4.69, 9.17) is 0 Å². The van der Waals surface area contributed by atoms with E-state index in [-0.39, 0.29) is 0 Å². The van der Waals surface area contributed by atoms with Crippen LogP contribution >= 0.6 is 0 Å². The van der Waals surface area contributed by atoms with Gasteiger partial charge in [-0.2, -0.15) is 0 Å². The number of rotatable bonds is 65. The SMILES string of the molecule is CCCCCCCCCCCCCCCCCCCCCCCC(CCCCCCCCCCCCCCCCCCC)CCCCCCCCC(C)CCCCCCCCCCCCCCCCC. The first kappa shape index (κ1) is 70.0. The second-order valence-electron chi connectivity index (χ2n) is 24.7. The van der Waals surface area contributed by atoms with E-state index in [1.54, 1.807) is 0 Å². The summed E-state index contributed by atoms with van der Waals surface area (Å²) in [5, 5.41) is 0. The monoisotopic (exact) mass is 983 g/mol. The Kier molecular flexibility index (Phi) is 65.1. The van der Waals surface area contributed by atoms with Gasteiger partial charge in [0, 0.05) is 0 Å². The second kappa shape index (κ2) is 65.1. The highest BCUT2D eigenvalue weighted by molar-refractivity contribution is 4.63. The van der Waals surface area contributed by atoms with Crippen LogP contribution in [0.2, 0.25) is 0 Å². The van der Waals surface area contributed by atoms with Gasteiger partial charge in [-0.15, -0.1) is 0 Å². The van der Waals surface area contributed by atoms with Crippen LogP contribution in [-0.4, -0.2) is 0 Å². The van der Waals surface area contributed by atoms with E-state index in [0.717, 1.165) is 11.8 Å². The minimum atomic E-state index is 0.955. The standard InChI is InChI=1S/C70H142/c1-5-8-11-14-17-20-23-26-29-31-32-33-34-36-39-42-45-48-51-57-62-67-70(66-61-56-50-47-44-41-38-35-30-27-24-21-18-15-12-9-6-2)68-63-58-53-52-55-60-65-69(4)64-59-54-49-46-43-40-37-28-25-22-19-16-13-10-7-3/h69-70H,5-68H2,1-4H3. The van der Waals surface area contributed by atoms with Crippen LogP contribution in [0, 0.1) is 11.8 Å². The van der Waals surface area contributed by atoms with E-state index in [2.05, 4.69) is 27.7 Å². The zero-order valence-corrected chi connectivity index (χ0v) is 50.4. The van der Waals surface area contributed by atoms with E-state index in [9.17, 15) is 0 Å². The van der Waals surface area contributed by atoms with Gasteiger partial charge in [0.05, 0.1) is 0 Å². The molecule has 0 heterocycles. The maximum Gasteiger partial charge on any atom is -0.0414 e. The molecule has 0 N–H and O–H groups in total. The third-order valence-corrected chi connectivity index (χ3v) is 17.3. The predicted octanol–water partition coefficient (Wildman–Crippen LogP) is 27.3. The lowest BCUT2D eigenvalue weighted by molar-refractivity contribution is 0.364. The third-order valence-electron chi connectivity index (χ3n) is 17.3. The summed E-state index contributed by atoms with van der Waals surface area (Å²) in [7, 11) is 0. The van der Waals surface area contributed by atoms with Crippen molar-refractivity contribution in [1.29, 1.82) is 0 Å². The molecule has 70 heavy (non-hydrogen) atoms. The molecular formula is C70H142. The summed E-state index contributed by atoms with van der Waals surface area (Å²) in [5.41, 5.74) is 0. The van der Waals surface area contributed by atoms with E-state index in [1.165, 1.54) is 411 Å². The Balaban J connectivity index is 4.02. The zero-order chi connectivity index (χ0) is 50.4. The van der Waals surface area contributed by atoms with Gasteiger partial charge < -0.3 is 0 Å². The molecule has 422 valence electrons. The Hall–Kier alpha value is 0. The van der Waals surface area contributed by atoms with Crippen LogP contribution in [0.1, 0.15) is 439 Å². The number of hydrogen-bond donors (Lipinski definition) is 0. The molecule has 0 amide bonds. The molecule has 0 nitrogen and oxygen atoms in total. The summed E-state index contributed by atoms with van der Waals surface area (Å²) in [5.74, 6) is 1.98. The van der Waals surface area contributed by atoms with E-state index in [0.29, 0.717) is 0 Å². The van der Waals surface area contributed by atoms with Crippen molar-refractivity contribution in [3.05, 3.63) is 0 Å². The first-order chi connectivity index (χ1) is 34.7. The molecule has 0 fully saturated rings. The molecule has 0 spiro atoms. The maximum atomic E-state index is 2.55. The summed E-state index contributed by atoms with van der Waals surface area (Å²) in [6.07, 6.45) is 95.2. The van der Waals surface area contributed by atoms with Crippen molar-refractivity contribution in [2.45, 2.75) is 439 Å². The Morgan fingerprint density at radius 3 is 0.400 bits per heavy atom. The molecule has 0 rings (SSSR count). The van der Waals surface area contributed by atoms with Crippen LogP contribution < -0.4 is 0 Å². The molecule has 0 saturated carbocycles. The van der Waals surface area contributed by atoms with Crippen LogP contribution in [-0.2, 0) is 0 Å². The molecule has 0 aromatic carbocycles. The minimum Gasteiger partial charge on any atom is -0.0654 e. The van der Waals surface area contributed by atoms with Crippen molar-refractivity contribution in [2.24, 2.45) is 11.8 Å². The van der Waals surface area contributed by atoms with E-state index >= 15 is 0 Å². The Bertz CT molecular complexity index is 858. The smallest absolute Gasteiger partial charge is 0.0414 e. The molecule has 0 aromatic rings. The van der Waals surface area contributed by atoms with Gasteiger partial charge in [0.1, 0.15) is 0 Å². The molecule has 2 unspecified atom stereocenters. The van der Waals surface area contributed by atoms with Gasteiger partial charge in [-0.25, -0.2) is 0 Å². The van der Waals surface area contributed by atoms with Crippen LogP contribution in [0.15, 0.2) is 0 Å². The largest absolute Gasteiger partial charge is 0.0654 e. The first-order valence-corrected chi connectivity index (χ1v) is 34.7. The van der Waals surface area contributed by atoms with Crippen molar-refractivity contribution in [3.8, 4) is 0 Å². The maximum absolute atomic E-state index is 2.55. The molecule has 0 aliphatic heterocycles. The normalized spacial score (nSPS) is 12.7. The summed E-state index contributed by atoms with van der Waals surface area (Å²) in [6.45, 7) is 9.51. The van der Waals surface area contributed by atoms with E-state index in [1.807, 2.05) is 0 Å². The lowest BCUT2D eigenvalue weighted by atomic mass is 9.89. The molecule has 0 aliphatic carbocycles. The Morgan fingerprint density at radius 1 is 0.143 bits per heavy atom. The Morgan fingerprint density at radius 2 is 0.257 bits per heavy atom. The predicted molar refractivity (Wildman–Crippen MR) is 325 cm³/mol. The highest BCUT2D eigenvalue weighted by Gasteiger charge is 2.10. The van der Waals surface area contributed by atoms with Gasteiger partial charge in [0.15, 0.2) is 0 Å². The summed E-state index contributed by atoms with van der Waals surface area (Å²) in [6, 6.07) is 0. The summed E-state index contributed by atoms with van der Waals surface area (Å²) >= 11 is 0. The minimum absolute atomic E-state index is 0.955. The molecule has 0 aromatic heterocycles. The lowest BCUT2D eigenvalue weighted by Gasteiger charge is -2.17. The fourth-order valence-corrected chi connectivity index (χ4v) is 12.1. The molecular weight excluding hydrogens is 841 g/mol. The van der Waals surface area contributed by atoms with Crippen LogP contribution in [0.5, 0.6) is 0 Å². The van der Waals surface area contributed by atoms with Gasteiger partial charge in [-0.05, 0) is 11.8 Å². The molecule has 0 radical (unpaired) electrons. The number of hydrogen-bond acceptors (Lipinski definition) is 0. The first-order valence-electron chi connectivity index (χ1n) is 34.7. The molecule has 0 aliphatic rings. The van der Waals surface area contributed by atoms with Gasteiger partial charge in [-0.3, -0.25) is 0 Å². The molecule has 0 saturated heterocycles. The third kappa shape index (κ3) is 62.3. The van der Waals surface area contributed by atoms with Crippen LogP contribution in [0.4, 0.5) is 0 Å². The quantitative estimate of drug-likeness (QED) is 0.0533. The molecule has 2 atom stereocenters. The topological polar surface area (TPSA) is 0 Å². The lowest BCUT2D eigenvalue weighted by Crippen LogP contribution is -2.02. The molecule has 0 bridgehead atoms. The fourth-order valence-electron chi connectivity index (χ4n) is 12.1. The van der Waals surface area contributed by atoms with Crippen molar-refractivity contribution in [2.75, 3.05) is 0 Å². The highest BCUT2D eigenvalue weighted by atomic mass is 14.2. The summed E-state index contributed by atoms with van der Waals surface area (Å²) in [4.78, 5) is 0. The van der Waals surface area contributed by atoms with Crippen molar-refractivity contribution < 1.29 is 0 Å². The number of unbranched alkanes of at least 4 members (excludes halogenated alkanes) is 55.